The minimum absolute atomic E-state index is 0.00227. The van der Waals surface area contributed by atoms with Crippen molar-refractivity contribution in [2.45, 2.75) is 40.7 Å². The second-order valence-corrected chi connectivity index (χ2v) is 10.1. The van der Waals surface area contributed by atoms with Gasteiger partial charge in [-0.15, -0.1) is 0 Å². The Bertz CT molecular complexity index is 648. The lowest BCUT2D eigenvalue weighted by Gasteiger charge is -2.29. The Balaban J connectivity index is 1.93. The van der Waals surface area contributed by atoms with Gasteiger partial charge in [-0.1, -0.05) is 25.5 Å². The van der Waals surface area contributed by atoms with E-state index in [1.54, 1.807) is 6.92 Å². The van der Waals surface area contributed by atoms with E-state index in [1.165, 1.54) is 10.5 Å². The van der Waals surface area contributed by atoms with Gasteiger partial charge in [0.15, 0.2) is 9.84 Å². The highest BCUT2D eigenvalue weighted by atomic mass is 32.2. The van der Waals surface area contributed by atoms with Crippen molar-refractivity contribution in [2.75, 3.05) is 24.6 Å². The first-order chi connectivity index (χ1) is 11.0. The van der Waals surface area contributed by atoms with Crippen LogP contribution >= 0.6 is 0 Å². The molecule has 24 heavy (non-hydrogen) atoms. The van der Waals surface area contributed by atoms with Crippen LogP contribution in [0.3, 0.4) is 0 Å². The fourth-order valence-electron chi connectivity index (χ4n) is 3.42. The van der Waals surface area contributed by atoms with Crippen LogP contribution in [0.15, 0.2) is 11.6 Å². The largest absolute Gasteiger partial charge is 0.344 e. The molecule has 0 bridgehead atoms. The average Bonchev–Trinajstić information content (AvgIpc) is 2.98. The van der Waals surface area contributed by atoms with Crippen molar-refractivity contribution in [2.24, 2.45) is 17.3 Å². The molecular formula is C17H28N2O4S. The van der Waals surface area contributed by atoms with Crippen molar-refractivity contribution < 1.29 is 18.0 Å². The second kappa shape index (κ2) is 6.50. The lowest BCUT2D eigenvalue weighted by molar-refractivity contribution is -0.136. The van der Waals surface area contributed by atoms with Crippen LogP contribution in [0.4, 0.5) is 0 Å². The lowest BCUT2D eigenvalue weighted by Crippen LogP contribution is -2.52. The third-order valence-electron chi connectivity index (χ3n) is 5.09. The number of hydrogen-bond donors (Lipinski definition) is 1. The Labute approximate surface area is 144 Å². The molecule has 1 heterocycles. The van der Waals surface area contributed by atoms with Gasteiger partial charge in [0.2, 0.25) is 11.8 Å². The molecule has 2 rings (SSSR count). The highest BCUT2D eigenvalue weighted by Gasteiger charge is 2.60. The van der Waals surface area contributed by atoms with Crippen LogP contribution in [0.25, 0.3) is 0 Å². The Kier molecular flexibility index (Phi) is 5.14. The highest BCUT2D eigenvalue weighted by Crippen LogP contribution is 2.59. The van der Waals surface area contributed by atoms with E-state index in [0.29, 0.717) is 0 Å². The summed E-state index contributed by atoms with van der Waals surface area (Å²) in [6.45, 7) is 10.2. The SMILES string of the molecule is CC(C)=CC1C(C(=O)NC(C)C(=O)N2CCS(=O)(=O)CC2)C1(C)C. The molecule has 0 spiro atoms. The summed E-state index contributed by atoms with van der Waals surface area (Å²) in [5.41, 5.74) is 1.09. The van der Waals surface area contributed by atoms with Gasteiger partial charge in [-0.2, -0.15) is 0 Å². The Hall–Kier alpha value is -1.37. The molecule has 6 nitrogen and oxygen atoms in total. The van der Waals surface area contributed by atoms with Crippen LogP contribution in [0.5, 0.6) is 0 Å². The molecule has 1 saturated carbocycles. The van der Waals surface area contributed by atoms with Gasteiger partial charge in [0.05, 0.1) is 17.4 Å². The van der Waals surface area contributed by atoms with Gasteiger partial charge in [-0.3, -0.25) is 9.59 Å². The number of nitrogens with one attached hydrogen (secondary N) is 1. The van der Waals surface area contributed by atoms with Gasteiger partial charge in [-0.05, 0) is 32.1 Å². The minimum Gasteiger partial charge on any atom is -0.344 e. The van der Waals surface area contributed by atoms with E-state index in [0.717, 1.165) is 0 Å². The van der Waals surface area contributed by atoms with E-state index in [1.807, 2.05) is 13.8 Å². The topological polar surface area (TPSA) is 83.6 Å². The molecular weight excluding hydrogens is 328 g/mol. The molecule has 3 unspecified atom stereocenters. The summed E-state index contributed by atoms with van der Waals surface area (Å²) >= 11 is 0. The standard InChI is InChI=1S/C17H28N2O4S/c1-11(2)10-13-14(17(13,4)5)15(20)18-12(3)16(21)19-6-8-24(22,23)9-7-19/h10,12-14H,6-9H2,1-5H3,(H,18,20). The van der Waals surface area contributed by atoms with Gasteiger partial charge in [0.25, 0.3) is 0 Å². The zero-order valence-corrected chi connectivity index (χ0v) is 15.9. The molecule has 1 saturated heterocycles. The van der Waals surface area contributed by atoms with Crippen LogP contribution in [-0.4, -0.2) is 55.8 Å². The zero-order valence-electron chi connectivity index (χ0n) is 15.1. The summed E-state index contributed by atoms with van der Waals surface area (Å²) in [7, 11) is -3.02. The van der Waals surface area contributed by atoms with Gasteiger partial charge in [0.1, 0.15) is 6.04 Å². The van der Waals surface area contributed by atoms with Crippen molar-refractivity contribution >= 4 is 21.7 Å². The van der Waals surface area contributed by atoms with E-state index in [4.69, 9.17) is 0 Å². The van der Waals surface area contributed by atoms with Crippen molar-refractivity contribution in [3.63, 3.8) is 0 Å². The van der Waals surface area contributed by atoms with Gasteiger partial charge in [0, 0.05) is 13.1 Å². The smallest absolute Gasteiger partial charge is 0.244 e. The van der Waals surface area contributed by atoms with Crippen LogP contribution < -0.4 is 5.32 Å². The molecule has 136 valence electrons. The molecule has 0 aromatic heterocycles. The molecule has 1 N–H and O–H groups in total. The average molecular weight is 356 g/mol. The van der Waals surface area contributed by atoms with Crippen LogP contribution in [-0.2, 0) is 19.4 Å². The molecule has 2 fully saturated rings. The number of carbonyl (C=O) groups is 2. The van der Waals surface area contributed by atoms with E-state index in [2.05, 4.69) is 25.2 Å². The van der Waals surface area contributed by atoms with E-state index < -0.39 is 15.9 Å². The van der Waals surface area contributed by atoms with E-state index >= 15 is 0 Å². The molecule has 0 aromatic rings. The van der Waals surface area contributed by atoms with Crippen LogP contribution in [0.2, 0.25) is 0 Å². The first-order valence-electron chi connectivity index (χ1n) is 8.40. The molecule has 1 aliphatic heterocycles. The zero-order chi connectivity index (χ0) is 18.3. The first kappa shape index (κ1) is 19.0. The van der Waals surface area contributed by atoms with Gasteiger partial charge >= 0.3 is 0 Å². The fraction of sp³-hybridized carbons (Fsp3) is 0.765. The number of hydrogen-bond acceptors (Lipinski definition) is 4. The number of carbonyl (C=O) groups excluding carboxylic acids is 2. The fourth-order valence-corrected chi connectivity index (χ4v) is 4.62. The normalized spacial score (nSPS) is 28.6. The van der Waals surface area contributed by atoms with Crippen LogP contribution in [0.1, 0.15) is 34.6 Å². The summed E-state index contributed by atoms with van der Waals surface area (Å²) in [4.78, 5) is 26.4. The monoisotopic (exact) mass is 356 g/mol. The number of sulfone groups is 1. The van der Waals surface area contributed by atoms with Gasteiger partial charge in [-0.25, -0.2) is 8.42 Å². The summed E-state index contributed by atoms with van der Waals surface area (Å²) in [6.07, 6.45) is 2.12. The molecule has 3 atom stereocenters. The minimum atomic E-state index is -3.02. The number of nitrogens with zero attached hydrogens (tertiary/aromatic N) is 1. The number of allylic oxidation sites excluding steroid dienone is 2. The molecule has 2 aliphatic rings. The Morgan fingerprint density at radius 1 is 1.21 bits per heavy atom. The second-order valence-electron chi connectivity index (χ2n) is 7.78. The predicted octanol–water partition coefficient (Wildman–Crippen LogP) is 0.987. The summed E-state index contributed by atoms with van der Waals surface area (Å²) in [6, 6.07) is -0.637. The quantitative estimate of drug-likeness (QED) is 0.761. The summed E-state index contributed by atoms with van der Waals surface area (Å²) < 4.78 is 22.9. The van der Waals surface area contributed by atoms with Crippen LogP contribution in [0, 0.1) is 17.3 Å². The maximum atomic E-state index is 12.5. The summed E-state index contributed by atoms with van der Waals surface area (Å²) in [5.74, 6) is -0.243. The predicted molar refractivity (Wildman–Crippen MR) is 93.0 cm³/mol. The van der Waals surface area contributed by atoms with Crippen molar-refractivity contribution in [1.29, 1.82) is 0 Å². The molecule has 0 radical (unpaired) electrons. The first-order valence-corrected chi connectivity index (χ1v) is 10.2. The maximum Gasteiger partial charge on any atom is 0.244 e. The Morgan fingerprint density at radius 3 is 2.25 bits per heavy atom. The third kappa shape index (κ3) is 3.99. The molecule has 1 aliphatic carbocycles. The third-order valence-corrected chi connectivity index (χ3v) is 6.70. The van der Waals surface area contributed by atoms with Crippen molar-refractivity contribution in [3.05, 3.63) is 11.6 Å². The Morgan fingerprint density at radius 2 is 1.75 bits per heavy atom. The summed E-state index contributed by atoms with van der Waals surface area (Å²) in [5, 5.41) is 2.81. The molecule has 2 amide bonds. The van der Waals surface area contributed by atoms with Crippen molar-refractivity contribution in [3.8, 4) is 0 Å². The maximum absolute atomic E-state index is 12.5. The highest BCUT2D eigenvalue weighted by molar-refractivity contribution is 7.91. The van der Waals surface area contributed by atoms with E-state index in [-0.39, 0.29) is 53.7 Å². The number of amides is 2. The lowest BCUT2D eigenvalue weighted by atomic mass is 10.1. The van der Waals surface area contributed by atoms with Crippen molar-refractivity contribution in [1.82, 2.24) is 10.2 Å². The molecule has 7 heteroatoms. The molecule has 0 aromatic carbocycles. The number of rotatable bonds is 4. The van der Waals surface area contributed by atoms with E-state index in [9.17, 15) is 18.0 Å². The van der Waals surface area contributed by atoms with Gasteiger partial charge < -0.3 is 10.2 Å².